The van der Waals surface area contributed by atoms with Gasteiger partial charge in [0.05, 0.1) is 17.4 Å². The van der Waals surface area contributed by atoms with E-state index in [-0.39, 0.29) is 28.9 Å². The molecule has 8 nitrogen and oxygen atoms in total. The quantitative estimate of drug-likeness (QED) is 0.679. The molecule has 3 fully saturated rings. The van der Waals surface area contributed by atoms with Crippen LogP contribution in [0, 0.1) is 11.3 Å². The Hall–Kier alpha value is -2.94. The molecule has 0 atom stereocenters. The van der Waals surface area contributed by atoms with Crippen molar-refractivity contribution in [3.63, 3.8) is 0 Å². The molecule has 2 N–H and O–H groups in total. The van der Waals surface area contributed by atoms with Gasteiger partial charge in [-0.05, 0) is 63.2 Å². The molecule has 12 heteroatoms. The molecule has 0 aromatic carbocycles. The molecule has 1 aromatic rings. The van der Waals surface area contributed by atoms with Crippen LogP contribution in [0.3, 0.4) is 0 Å². The molecule has 1 spiro atoms. The molecule has 2 heterocycles. The molecule has 0 radical (unpaired) electrons. The van der Waals surface area contributed by atoms with Crippen LogP contribution in [0.1, 0.15) is 56.2 Å². The van der Waals surface area contributed by atoms with Crippen molar-refractivity contribution in [2.45, 2.75) is 68.8 Å². The summed E-state index contributed by atoms with van der Waals surface area (Å²) in [6.45, 7) is 0. The van der Waals surface area contributed by atoms with Gasteiger partial charge < -0.3 is 15.4 Å². The number of primary amides is 1. The number of pyridine rings is 1. The van der Waals surface area contributed by atoms with Crippen molar-refractivity contribution in [3.8, 4) is 6.07 Å². The molecule has 2 aliphatic carbocycles. The first kappa shape index (κ1) is 22.3. The van der Waals surface area contributed by atoms with Crippen LogP contribution >= 0.6 is 12.2 Å². The third kappa shape index (κ3) is 3.54. The number of nitriles is 1. The van der Waals surface area contributed by atoms with Crippen molar-refractivity contribution in [3.05, 3.63) is 23.5 Å². The van der Waals surface area contributed by atoms with Gasteiger partial charge in [-0.25, -0.2) is 9.78 Å². The lowest BCUT2D eigenvalue weighted by Gasteiger charge is -2.48. The van der Waals surface area contributed by atoms with Gasteiger partial charge >= 0.3 is 12.3 Å². The molecule has 2 amide bonds. The third-order valence-corrected chi connectivity index (χ3v) is 6.85. The zero-order valence-electron chi connectivity index (χ0n) is 16.9. The SMILES string of the molecule is N#Cc1ncc(N2C(=O)C3(CCC3)N(C3CCC(OC(N)=O)CC3)C2=S)cc1C(F)(F)F. The van der Waals surface area contributed by atoms with Gasteiger partial charge in [0.15, 0.2) is 10.8 Å². The first-order chi connectivity index (χ1) is 15.1. The van der Waals surface area contributed by atoms with Crippen LogP contribution in [0.15, 0.2) is 12.3 Å². The van der Waals surface area contributed by atoms with Gasteiger partial charge in [0.1, 0.15) is 17.7 Å². The molecular formula is C20H20F3N5O3S. The van der Waals surface area contributed by atoms with Crippen LogP contribution in [0.25, 0.3) is 0 Å². The molecule has 2 saturated carbocycles. The third-order valence-electron chi connectivity index (χ3n) is 6.47. The summed E-state index contributed by atoms with van der Waals surface area (Å²) < 4.78 is 45.4. The molecule has 32 heavy (non-hydrogen) atoms. The zero-order chi connectivity index (χ0) is 23.3. The normalized spacial score (nSPS) is 24.9. The van der Waals surface area contributed by atoms with Crippen molar-refractivity contribution in [1.82, 2.24) is 9.88 Å². The van der Waals surface area contributed by atoms with Crippen molar-refractivity contribution in [1.29, 1.82) is 5.26 Å². The number of amides is 2. The number of alkyl halides is 3. The second-order valence-corrected chi connectivity index (χ2v) is 8.61. The molecule has 1 saturated heterocycles. The Morgan fingerprint density at radius 3 is 2.47 bits per heavy atom. The molecule has 1 aliphatic heterocycles. The Morgan fingerprint density at radius 1 is 1.31 bits per heavy atom. The predicted molar refractivity (Wildman–Crippen MR) is 109 cm³/mol. The maximum absolute atomic E-state index is 13.4. The number of carbonyl (C=O) groups is 2. The summed E-state index contributed by atoms with van der Waals surface area (Å²) in [5, 5.41) is 9.13. The Bertz CT molecular complexity index is 1010. The van der Waals surface area contributed by atoms with E-state index in [0.717, 1.165) is 23.6 Å². The molecule has 4 rings (SSSR count). The fraction of sp³-hybridized carbons (Fsp3) is 0.550. The van der Waals surface area contributed by atoms with E-state index in [1.54, 1.807) is 0 Å². The number of hydrogen-bond donors (Lipinski definition) is 1. The second kappa shape index (κ2) is 7.88. The Labute approximate surface area is 187 Å². The number of halogens is 3. The predicted octanol–water partition coefficient (Wildman–Crippen LogP) is 3.23. The van der Waals surface area contributed by atoms with Crippen molar-refractivity contribution >= 4 is 35.0 Å². The lowest BCUT2D eigenvalue weighted by molar-refractivity contribution is -0.138. The first-order valence-corrected chi connectivity index (χ1v) is 10.6. The van der Waals surface area contributed by atoms with Gasteiger partial charge in [0, 0.05) is 6.04 Å². The lowest BCUT2D eigenvalue weighted by Crippen LogP contribution is -2.59. The van der Waals surface area contributed by atoms with Gasteiger partial charge in [-0.15, -0.1) is 0 Å². The first-order valence-electron chi connectivity index (χ1n) is 10.2. The average Bonchev–Trinajstić information content (AvgIpc) is 2.94. The highest BCUT2D eigenvalue weighted by Gasteiger charge is 2.61. The summed E-state index contributed by atoms with van der Waals surface area (Å²) in [4.78, 5) is 31.1. The number of carbonyl (C=O) groups excluding carboxylic acids is 2. The highest BCUT2D eigenvalue weighted by Crippen LogP contribution is 2.49. The lowest BCUT2D eigenvalue weighted by atomic mass is 9.74. The fourth-order valence-corrected chi connectivity index (χ4v) is 5.37. The maximum atomic E-state index is 13.4. The summed E-state index contributed by atoms with van der Waals surface area (Å²) in [6.07, 6.45) is -0.667. The van der Waals surface area contributed by atoms with Crippen LogP contribution in [0.2, 0.25) is 0 Å². The Morgan fingerprint density at radius 2 is 1.97 bits per heavy atom. The van der Waals surface area contributed by atoms with E-state index in [0.29, 0.717) is 38.5 Å². The summed E-state index contributed by atoms with van der Waals surface area (Å²) in [5.41, 5.74) is 2.13. The van der Waals surface area contributed by atoms with E-state index >= 15 is 0 Å². The number of rotatable bonds is 3. The number of aromatic nitrogens is 1. The maximum Gasteiger partial charge on any atom is 0.419 e. The van der Waals surface area contributed by atoms with Gasteiger partial charge in [-0.1, -0.05) is 0 Å². The standard InChI is InChI=1S/C20H20F3N5O3S/c21-20(22,23)14-8-12(10-26-15(14)9-24)27-16(29)19(6-1-7-19)28(18(27)32)11-2-4-13(5-3-11)31-17(25)30/h8,10-11,13H,1-7H2,(H2,25,30). The van der Waals surface area contributed by atoms with Gasteiger partial charge in [-0.3, -0.25) is 9.69 Å². The molecule has 3 aliphatic rings. The number of nitrogens with zero attached hydrogens (tertiary/aromatic N) is 4. The number of hydrogen-bond acceptors (Lipinski definition) is 6. The Kier molecular flexibility index (Phi) is 5.48. The smallest absolute Gasteiger partial charge is 0.419 e. The average molecular weight is 467 g/mol. The van der Waals surface area contributed by atoms with E-state index in [9.17, 15) is 22.8 Å². The highest BCUT2D eigenvalue weighted by atomic mass is 32.1. The van der Waals surface area contributed by atoms with E-state index in [4.69, 9.17) is 28.0 Å². The van der Waals surface area contributed by atoms with Crippen LogP contribution in [0.4, 0.5) is 23.7 Å². The van der Waals surface area contributed by atoms with Crippen molar-refractivity contribution in [2.75, 3.05) is 4.90 Å². The minimum Gasteiger partial charge on any atom is -0.446 e. The van der Waals surface area contributed by atoms with E-state index in [1.165, 1.54) is 6.07 Å². The van der Waals surface area contributed by atoms with Gasteiger partial charge in [-0.2, -0.15) is 18.4 Å². The van der Waals surface area contributed by atoms with E-state index in [2.05, 4.69) is 4.98 Å². The summed E-state index contributed by atoms with van der Waals surface area (Å²) in [5.74, 6) is -0.371. The van der Waals surface area contributed by atoms with Crippen LogP contribution in [-0.2, 0) is 15.7 Å². The van der Waals surface area contributed by atoms with Crippen molar-refractivity contribution < 1.29 is 27.5 Å². The van der Waals surface area contributed by atoms with Crippen LogP contribution in [0.5, 0.6) is 0 Å². The largest absolute Gasteiger partial charge is 0.446 e. The summed E-state index contributed by atoms with van der Waals surface area (Å²) in [7, 11) is 0. The molecular weight excluding hydrogens is 447 g/mol. The number of anilines is 1. The monoisotopic (exact) mass is 467 g/mol. The number of thiocarbonyl (C=S) groups is 1. The van der Waals surface area contributed by atoms with E-state index < -0.39 is 29.1 Å². The summed E-state index contributed by atoms with van der Waals surface area (Å²) >= 11 is 5.60. The molecule has 0 unspecified atom stereocenters. The summed E-state index contributed by atoms with van der Waals surface area (Å²) in [6, 6.07) is 2.08. The van der Waals surface area contributed by atoms with Gasteiger partial charge in [0.25, 0.3) is 5.91 Å². The number of nitrogens with two attached hydrogens (primary N) is 1. The molecule has 170 valence electrons. The second-order valence-electron chi connectivity index (χ2n) is 8.24. The Balaban J connectivity index is 1.64. The van der Waals surface area contributed by atoms with E-state index in [1.807, 2.05) is 4.90 Å². The zero-order valence-corrected chi connectivity index (χ0v) is 17.7. The van der Waals surface area contributed by atoms with Crippen LogP contribution in [-0.4, -0.2) is 44.7 Å². The minimum atomic E-state index is -4.80. The van der Waals surface area contributed by atoms with Crippen molar-refractivity contribution in [2.24, 2.45) is 5.73 Å². The number of ether oxygens (including phenoxy) is 1. The van der Waals surface area contributed by atoms with Crippen LogP contribution < -0.4 is 10.6 Å². The molecule has 1 aromatic heterocycles. The van der Waals surface area contributed by atoms with Gasteiger partial charge in [0.2, 0.25) is 0 Å². The highest BCUT2D eigenvalue weighted by molar-refractivity contribution is 7.80. The molecule has 0 bridgehead atoms. The topological polar surface area (TPSA) is 113 Å². The minimum absolute atomic E-state index is 0.106. The fourth-order valence-electron chi connectivity index (χ4n) is 4.86.